The van der Waals surface area contributed by atoms with Crippen LogP contribution in [-0.2, 0) is 23.1 Å². The van der Waals surface area contributed by atoms with Crippen LogP contribution >= 0.6 is 7.82 Å². The molecule has 0 aliphatic carbocycles. The molecule has 0 aromatic heterocycles. The monoisotopic (exact) mass is 425 g/mol. The van der Waals surface area contributed by atoms with Crippen LogP contribution < -0.4 is 5.32 Å². The quantitative estimate of drug-likeness (QED) is 0.517. The van der Waals surface area contributed by atoms with Gasteiger partial charge in [0.05, 0.1) is 13.2 Å². The molecule has 28 heavy (non-hydrogen) atoms. The standard InChI is InChI=1S/C15H22F2N3O7P/c1-4-7-25-28(23,24)26-8-11-13(22)15(16,17)14(27-11)20-6-5-12(18-9(20)2)19-10(3)21/h5-6,11,13-14,22H,2,4,7-8H2,1,3H3,(H,23,24)(H,18,19,21)/t11-,13?,14-/m1/s1. The van der Waals surface area contributed by atoms with Crippen molar-refractivity contribution in [2.75, 3.05) is 13.2 Å². The Labute approximate surface area is 160 Å². The number of hydrogen-bond donors (Lipinski definition) is 3. The van der Waals surface area contributed by atoms with E-state index in [1.807, 2.05) is 0 Å². The van der Waals surface area contributed by atoms with Gasteiger partial charge in [-0.15, -0.1) is 0 Å². The predicted molar refractivity (Wildman–Crippen MR) is 93.0 cm³/mol. The van der Waals surface area contributed by atoms with E-state index in [0.717, 1.165) is 11.1 Å². The van der Waals surface area contributed by atoms with Gasteiger partial charge in [0, 0.05) is 13.1 Å². The van der Waals surface area contributed by atoms with E-state index < -0.39 is 44.7 Å². The van der Waals surface area contributed by atoms with Gasteiger partial charge in [-0.2, -0.15) is 8.78 Å². The largest absolute Gasteiger partial charge is 0.472 e. The molecule has 2 rings (SSSR count). The molecule has 3 N–H and O–H groups in total. The first-order chi connectivity index (χ1) is 13.0. The van der Waals surface area contributed by atoms with E-state index in [1.54, 1.807) is 6.92 Å². The minimum absolute atomic E-state index is 0.0618. The van der Waals surface area contributed by atoms with Crippen LogP contribution in [0, 0.1) is 0 Å². The Hall–Kier alpha value is -1.69. The smallest absolute Gasteiger partial charge is 0.384 e. The number of alkyl halides is 2. The van der Waals surface area contributed by atoms with Crippen molar-refractivity contribution in [2.45, 2.75) is 44.6 Å². The molecular formula is C15H22F2N3O7P. The Bertz CT molecular complexity index is 730. The van der Waals surface area contributed by atoms with Gasteiger partial charge >= 0.3 is 13.7 Å². The number of nitrogens with zero attached hydrogens (tertiary/aromatic N) is 2. The number of halogens is 2. The summed E-state index contributed by atoms with van der Waals surface area (Å²) < 4.78 is 55.1. The van der Waals surface area contributed by atoms with Gasteiger partial charge in [0.1, 0.15) is 17.8 Å². The molecule has 2 unspecified atom stereocenters. The number of aliphatic hydroxyl groups excluding tert-OH is 1. The van der Waals surface area contributed by atoms with Crippen LogP contribution in [0.15, 0.2) is 29.7 Å². The Morgan fingerprint density at radius 1 is 1.54 bits per heavy atom. The molecular weight excluding hydrogens is 403 g/mol. The first-order valence-corrected chi connectivity index (χ1v) is 9.82. The number of amides is 1. The van der Waals surface area contributed by atoms with Crippen molar-refractivity contribution in [3.63, 3.8) is 0 Å². The minimum Gasteiger partial charge on any atom is -0.384 e. The number of rotatable bonds is 7. The van der Waals surface area contributed by atoms with E-state index in [2.05, 4.69) is 25.9 Å². The van der Waals surface area contributed by atoms with Crippen molar-refractivity contribution in [1.82, 2.24) is 10.2 Å². The molecule has 0 bridgehead atoms. The van der Waals surface area contributed by atoms with Crippen LogP contribution in [0.1, 0.15) is 20.3 Å². The minimum atomic E-state index is -4.46. The first kappa shape index (κ1) is 22.6. The van der Waals surface area contributed by atoms with Crippen molar-refractivity contribution in [3.8, 4) is 0 Å². The maximum atomic E-state index is 14.5. The van der Waals surface area contributed by atoms with Crippen molar-refractivity contribution >= 4 is 19.6 Å². The van der Waals surface area contributed by atoms with E-state index in [4.69, 9.17) is 4.74 Å². The summed E-state index contributed by atoms with van der Waals surface area (Å²) in [7, 11) is -4.46. The van der Waals surface area contributed by atoms with Gasteiger partial charge in [0.2, 0.25) is 12.1 Å². The number of phosphoric ester groups is 1. The second-order valence-corrected chi connectivity index (χ2v) is 7.51. The third-order valence-electron chi connectivity index (χ3n) is 3.74. The molecule has 0 saturated carbocycles. The molecule has 0 aromatic carbocycles. The summed E-state index contributed by atoms with van der Waals surface area (Å²) in [4.78, 5) is 25.3. The van der Waals surface area contributed by atoms with Crippen LogP contribution in [0.25, 0.3) is 0 Å². The Morgan fingerprint density at radius 3 is 2.79 bits per heavy atom. The van der Waals surface area contributed by atoms with Gasteiger partial charge in [0.25, 0.3) is 0 Å². The normalized spacial score (nSPS) is 28.8. The number of amidine groups is 1. The first-order valence-electron chi connectivity index (χ1n) is 8.33. The highest BCUT2D eigenvalue weighted by Gasteiger charge is 2.61. The lowest BCUT2D eigenvalue weighted by atomic mass is 10.1. The maximum Gasteiger partial charge on any atom is 0.472 e. The average Bonchev–Trinajstić information content (AvgIpc) is 2.81. The number of phosphoric acid groups is 1. The van der Waals surface area contributed by atoms with E-state index in [-0.39, 0.29) is 18.3 Å². The highest BCUT2D eigenvalue weighted by molar-refractivity contribution is 7.47. The second-order valence-electron chi connectivity index (χ2n) is 6.06. The molecule has 4 atom stereocenters. The lowest BCUT2D eigenvalue weighted by Crippen LogP contribution is -2.47. The molecule has 2 heterocycles. The topological polar surface area (TPSA) is 130 Å². The number of nitrogens with one attached hydrogen (secondary N) is 1. The summed E-state index contributed by atoms with van der Waals surface area (Å²) in [5, 5.41) is 12.3. The van der Waals surface area contributed by atoms with Gasteiger partial charge in [0.15, 0.2) is 6.10 Å². The van der Waals surface area contributed by atoms with Gasteiger partial charge in [-0.05, 0) is 12.5 Å². The second kappa shape index (κ2) is 8.76. The van der Waals surface area contributed by atoms with E-state index in [0.29, 0.717) is 6.42 Å². The third kappa shape index (κ3) is 5.22. The van der Waals surface area contributed by atoms with Crippen molar-refractivity contribution in [3.05, 3.63) is 24.7 Å². The maximum absolute atomic E-state index is 14.5. The van der Waals surface area contributed by atoms with Crippen LogP contribution in [-0.4, -0.2) is 64.2 Å². The highest BCUT2D eigenvalue weighted by atomic mass is 31.2. The lowest BCUT2D eigenvalue weighted by Gasteiger charge is -2.32. The number of hydrogen-bond acceptors (Lipinski definition) is 8. The molecule has 1 amide bonds. The number of ether oxygens (including phenoxy) is 1. The fourth-order valence-electron chi connectivity index (χ4n) is 2.45. The summed E-state index contributed by atoms with van der Waals surface area (Å²) in [6.45, 7) is 5.64. The molecule has 0 radical (unpaired) electrons. The molecule has 0 aromatic rings. The molecule has 2 aliphatic heterocycles. The molecule has 1 fully saturated rings. The van der Waals surface area contributed by atoms with Gasteiger partial charge in [-0.1, -0.05) is 13.5 Å². The number of carbonyl (C=O) groups excluding carboxylic acids is 1. The van der Waals surface area contributed by atoms with Crippen molar-refractivity contribution in [1.29, 1.82) is 0 Å². The van der Waals surface area contributed by atoms with Gasteiger partial charge < -0.3 is 25.0 Å². The van der Waals surface area contributed by atoms with Gasteiger partial charge in [-0.25, -0.2) is 9.56 Å². The molecule has 1 saturated heterocycles. The summed E-state index contributed by atoms with van der Waals surface area (Å²) in [6.07, 6.45) is -3.04. The Balaban J connectivity index is 2.06. The molecule has 13 heteroatoms. The van der Waals surface area contributed by atoms with Crippen LogP contribution in [0.4, 0.5) is 8.78 Å². The van der Waals surface area contributed by atoms with E-state index >= 15 is 0 Å². The fraction of sp³-hybridized carbons (Fsp3) is 0.600. The Kier molecular flexibility index (Phi) is 7.07. The molecule has 2 aliphatic rings. The zero-order valence-corrected chi connectivity index (χ0v) is 16.1. The van der Waals surface area contributed by atoms with Crippen LogP contribution in [0.5, 0.6) is 0 Å². The summed E-state index contributed by atoms with van der Waals surface area (Å²) in [5.41, 5.74) is 0. The zero-order chi connectivity index (χ0) is 21.1. The third-order valence-corrected chi connectivity index (χ3v) is 4.72. The van der Waals surface area contributed by atoms with Gasteiger partial charge in [-0.3, -0.25) is 13.8 Å². The number of aliphatic imine (C=N–C) groups is 1. The highest BCUT2D eigenvalue weighted by Crippen LogP contribution is 2.46. The van der Waals surface area contributed by atoms with Crippen LogP contribution in [0.2, 0.25) is 0 Å². The van der Waals surface area contributed by atoms with Crippen molar-refractivity contribution < 1.29 is 41.9 Å². The average molecular weight is 425 g/mol. The molecule has 10 nitrogen and oxygen atoms in total. The zero-order valence-electron chi connectivity index (χ0n) is 15.2. The number of aliphatic hydroxyl groups is 1. The summed E-state index contributed by atoms with van der Waals surface area (Å²) in [5.74, 6) is -4.24. The Morgan fingerprint density at radius 2 is 2.21 bits per heavy atom. The molecule has 0 spiro atoms. The predicted octanol–water partition coefficient (Wildman–Crippen LogP) is 1.09. The fourth-order valence-corrected chi connectivity index (χ4v) is 3.28. The lowest BCUT2D eigenvalue weighted by molar-refractivity contribution is -0.148. The summed E-state index contributed by atoms with van der Waals surface area (Å²) in [6, 6.07) is 0. The van der Waals surface area contributed by atoms with Crippen LogP contribution in [0.3, 0.4) is 0 Å². The van der Waals surface area contributed by atoms with E-state index in [9.17, 15) is 28.1 Å². The SMILES string of the molecule is C=C1N=C(NC(C)=O)C=CN1[C@@H]1O[C@H](COP(=O)(O)OCCC)C(O)C1(F)F. The van der Waals surface area contributed by atoms with Crippen molar-refractivity contribution in [2.24, 2.45) is 4.99 Å². The molecule has 158 valence electrons. The van der Waals surface area contributed by atoms with E-state index in [1.165, 1.54) is 13.0 Å². The summed E-state index contributed by atoms with van der Waals surface area (Å²) >= 11 is 0. The number of carbonyl (C=O) groups is 1.